The molecular weight excluding hydrogens is 415 g/mol. The van der Waals surface area contributed by atoms with E-state index in [1.807, 2.05) is 58.0 Å². The number of Topliss-reactive ketones (excluding diaryl/α,β-unsaturated/α-hetero) is 1. The van der Waals surface area contributed by atoms with Crippen molar-refractivity contribution in [2.75, 3.05) is 6.61 Å². The molecule has 2 aliphatic rings. The summed E-state index contributed by atoms with van der Waals surface area (Å²) in [4.78, 5) is 13.8. The first-order valence-corrected chi connectivity index (χ1v) is 12.2. The number of hydrogen-bond donors (Lipinski definition) is 0. The second-order valence-corrected chi connectivity index (χ2v) is 11.1. The summed E-state index contributed by atoms with van der Waals surface area (Å²) in [6.07, 6.45) is 6.86. The maximum atomic E-state index is 13.9. The zero-order chi connectivity index (χ0) is 22.1. The molecule has 1 atom stereocenters. The van der Waals surface area contributed by atoms with Gasteiger partial charge in [0, 0.05) is 24.1 Å². The molecule has 1 aromatic rings. The van der Waals surface area contributed by atoms with Crippen molar-refractivity contribution in [1.29, 1.82) is 0 Å². The van der Waals surface area contributed by atoms with E-state index >= 15 is 0 Å². The molecule has 1 unspecified atom stereocenters. The van der Waals surface area contributed by atoms with E-state index in [2.05, 4.69) is 0 Å². The van der Waals surface area contributed by atoms with Gasteiger partial charge in [0.15, 0.2) is 5.78 Å². The molecule has 2 aliphatic carbocycles. The molecule has 0 fully saturated rings. The molecule has 0 aromatic heterocycles. The Kier molecular flexibility index (Phi) is 6.66. The van der Waals surface area contributed by atoms with Crippen LogP contribution in [-0.2, 0) is 18.4 Å². The molecule has 160 valence electrons. The Morgan fingerprint density at radius 3 is 2.57 bits per heavy atom. The van der Waals surface area contributed by atoms with Gasteiger partial charge in [0.1, 0.15) is 5.76 Å². The number of hydrogen-bond acceptors (Lipinski definition) is 5. The SMILES string of the molecule is CCOP(=O)(OC1=C(c2ccc(C)cc2C)C(=O)CC(C)(C)C1)C1=CC=CCC1=S. The topological polar surface area (TPSA) is 52.6 Å². The Balaban J connectivity index is 2.16. The van der Waals surface area contributed by atoms with Gasteiger partial charge in [0.2, 0.25) is 0 Å². The van der Waals surface area contributed by atoms with Gasteiger partial charge in [0.05, 0.1) is 17.5 Å². The fourth-order valence-corrected chi connectivity index (χ4v) is 6.21. The van der Waals surface area contributed by atoms with Crippen LogP contribution in [0.25, 0.3) is 5.57 Å². The van der Waals surface area contributed by atoms with E-state index in [1.165, 1.54) is 0 Å². The summed E-state index contributed by atoms with van der Waals surface area (Å²) < 4.78 is 25.8. The molecule has 4 nitrogen and oxygen atoms in total. The smallest absolute Gasteiger partial charge is 0.411 e. The molecule has 3 rings (SSSR count). The van der Waals surface area contributed by atoms with Crippen LogP contribution in [0.2, 0.25) is 0 Å². The summed E-state index contributed by atoms with van der Waals surface area (Å²) in [5.74, 6) is 0.426. The van der Waals surface area contributed by atoms with E-state index in [1.54, 1.807) is 13.0 Å². The monoisotopic (exact) mass is 444 g/mol. The van der Waals surface area contributed by atoms with Crippen LogP contribution >= 0.6 is 19.8 Å². The largest absolute Gasteiger partial charge is 0.425 e. The molecule has 0 bridgehead atoms. The van der Waals surface area contributed by atoms with E-state index < -0.39 is 7.60 Å². The predicted octanol–water partition coefficient (Wildman–Crippen LogP) is 6.86. The van der Waals surface area contributed by atoms with Crippen molar-refractivity contribution >= 4 is 36.0 Å². The Morgan fingerprint density at radius 1 is 1.20 bits per heavy atom. The van der Waals surface area contributed by atoms with Gasteiger partial charge in [-0.2, -0.15) is 0 Å². The third-order valence-corrected chi connectivity index (χ3v) is 7.90. The second kappa shape index (κ2) is 8.74. The molecule has 30 heavy (non-hydrogen) atoms. The minimum absolute atomic E-state index is 0.00338. The van der Waals surface area contributed by atoms with Crippen LogP contribution in [0, 0.1) is 19.3 Å². The van der Waals surface area contributed by atoms with Crippen LogP contribution < -0.4 is 0 Å². The van der Waals surface area contributed by atoms with Crippen molar-refractivity contribution in [3.05, 3.63) is 64.2 Å². The van der Waals surface area contributed by atoms with Gasteiger partial charge >= 0.3 is 7.60 Å². The molecule has 0 aliphatic heterocycles. The minimum Gasteiger partial charge on any atom is -0.425 e. The Hall–Kier alpha value is -1.81. The van der Waals surface area contributed by atoms with Crippen LogP contribution in [0.3, 0.4) is 0 Å². The maximum Gasteiger partial charge on any atom is 0.411 e. The predicted molar refractivity (Wildman–Crippen MR) is 126 cm³/mol. The fraction of sp³-hybridized carbons (Fsp3) is 0.417. The van der Waals surface area contributed by atoms with Crippen LogP contribution in [0.15, 0.2) is 47.5 Å². The van der Waals surface area contributed by atoms with Gasteiger partial charge in [-0.25, -0.2) is 4.57 Å². The summed E-state index contributed by atoms with van der Waals surface area (Å²) in [6, 6.07) is 5.96. The molecule has 0 heterocycles. The lowest BCUT2D eigenvalue weighted by atomic mass is 9.74. The Bertz CT molecular complexity index is 1030. The molecule has 0 saturated carbocycles. The summed E-state index contributed by atoms with van der Waals surface area (Å²) in [7, 11) is -3.73. The minimum atomic E-state index is -3.73. The first kappa shape index (κ1) is 22.9. The molecule has 0 N–H and O–H groups in total. The summed E-state index contributed by atoms with van der Waals surface area (Å²) in [6.45, 7) is 10.0. The maximum absolute atomic E-state index is 13.9. The second-order valence-electron chi connectivity index (χ2n) is 8.67. The number of benzene rings is 1. The van der Waals surface area contributed by atoms with Gasteiger partial charge in [-0.3, -0.25) is 9.32 Å². The fourth-order valence-electron chi connectivity index (χ4n) is 3.97. The van der Waals surface area contributed by atoms with Crippen LogP contribution in [0.1, 0.15) is 56.7 Å². The van der Waals surface area contributed by atoms with E-state index in [0.29, 0.717) is 40.8 Å². The zero-order valence-corrected chi connectivity index (χ0v) is 20.0. The molecule has 0 saturated heterocycles. The average molecular weight is 445 g/mol. The summed E-state index contributed by atoms with van der Waals surface area (Å²) in [5.41, 5.74) is 3.13. The van der Waals surface area contributed by atoms with Gasteiger partial charge in [-0.05, 0) is 43.4 Å². The Morgan fingerprint density at radius 2 is 1.93 bits per heavy atom. The van der Waals surface area contributed by atoms with Crippen LogP contribution in [0.5, 0.6) is 0 Å². The number of rotatable bonds is 6. The zero-order valence-electron chi connectivity index (χ0n) is 18.3. The van der Waals surface area contributed by atoms with Crippen molar-refractivity contribution in [2.45, 2.75) is 53.9 Å². The molecule has 0 amide bonds. The Labute approximate surface area is 184 Å². The lowest BCUT2D eigenvalue weighted by molar-refractivity contribution is -0.116. The highest BCUT2D eigenvalue weighted by Crippen LogP contribution is 2.61. The quantitative estimate of drug-likeness (QED) is 0.354. The first-order valence-electron chi connectivity index (χ1n) is 10.2. The number of thiocarbonyl (C=S) groups is 1. The lowest BCUT2D eigenvalue weighted by Crippen LogP contribution is -2.26. The lowest BCUT2D eigenvalue weighted by Gasteiger charge is -2.34. The third kappa shape index (κ3) is 4.74. The van der Waals surface area contributed by atoms with Crippen molar-refractivity contribution in [3.8, 4) is 0 Å². The number of aryl methyl sites for hydroxylation is 2. The van der Waals surface area contributed by atoms with Crippen molar-refractivity contribution in [2.24, 2.45) is 5.41 Å². The van der Waals surface area contributed by atoms with E-state index in [0.717, 1.165) is 16.7 Å². The van der Waals surface area contributed by atoms with E-state index in [4.69, 9.17) is 21.3 Å². The number of ketones is 1. The molecule has 0 radical (unpaired) electrons. The van der Waals surface area contributed by atoms with E-state index in [9.17, 15) is 9.36 Å². The van der Waals surface area contributed by atoms with Crippen molar-refractivity contribution < 1.29 is 18.4 Å². The molecule has 6 heteroatoms. The van der Waals surface area contributed by atoms with Gasteiger partial charge in [0.25, 0.3) is 0 Å². The highest BCUT2D eigenvalue weighted by atomic mass is 32.1. The van der Waals surface area contributed by atoms with Crippen molar-refractivity contribution in [1.82, 2.24) is 0 Å². The van der Waals surface area contributed by atoms with E-state index in [-0.39, 0.29) is 17.8 Å². The normalized spacial score (nSPS) is 20.8. The number of carbonyl (C=O) groups is 1. The van der Waals surface area contributed by atoms with Crippen LogP contribution in [0.4, 0.5) is 0 Å². The van der Waals surface area contributed by atoms with Gasteiger partial charge in [-0.1, -0.05) is 62.0 Å². The van der Waals surface area contributed by atoms with Crippen LogP contribution in [-0.4, -0.2) is 17.3 Å². The van der Waals surface area contributed by atoms with Crippen molar-refractivity contribution in [3.63, 3.8) is 0 Å². The first-order chi connectivity index (χ1) is 14.1. The standard InChI is InChI=1S/C24H29O4PS/c1-6-27-29(26,21-9-7-8-10-22(21)30)28-20-15-24(4,5)14-19(25)23(20)18-12-11-16(2)13-17(18)3/h7-9,11-13H,6,10,14-15H2,1-5H3. The molecular formula is C24H29O4PS. The molecule has 1 aromatic carbocycles. The summed E-state index contributed by atoms with van der Waals surface area (Å²) >= 11 is 5.45. The van der Waals surface area contributed by atoms with Gasteiger partial charge in [-0.15, -0.1) is 0 Å². The summed E-state index contributed by atoms with van der Waals surface area (Å²) in [5, 5.41) is 0.408. The molecule has 0 spiro atoms. The number of allylic oxidation sites excluding steroid dienone is 6. The van der Waals surface area contributed by atoms with Gasteiger partial charge < -0.3 is 4.52 Å². The highest BCUT2D eigenvalue weighted by Gasteiger charge is 2.41. The highest BCUT2D eigenvalue weighted by molar-refractivity contribution is 7.82. The third-order valence-electron chi connectivity index (χ3n) is 5.29. The average Bonchev–Trinajstić information content (AvgIpc) is 2.62. The number of carbonyl (C=O) groups excluding carboxylic acids is 1.